The number of carbonyl (C=O) groups is 1. The van der Waals surface area contributed by atoms with Gasteiger partial charge in [0.25, 0.3) is 0 Å². The summed E-state index contributed by atoms with van der Waals surface area (Å²) in [6, 6.07) is 1.89. The first-order chi connectivity index (χ1) is 7.53. The summed E-state index contributed by atoms with van der Waals surface area (Å²) >= 11 is 0. The predicted molar refractivity (Wildman–Crippen MR) is 59.3 cm³/mol. The van der Waals surface area contributed by atoms with Gasteiger partial charge in [-0.2, -0.15) is 5.10 Å². The molecular formula is C11H15N3O2. The molecular weight excluding hydrogens is 206 g/mol. The second-order valence-corrected chi connectivity index (χ2v) is 4.58. The Morgan fingerprint density at radius 1 is 1.62 bits per heavy atom. The van der Waals surface area contributed by atoms with Crippen LogP contribution in [-0.2, 0) is 4.79 Å². The minimum absolute atomic E-state index is 0.502. The number of aliphatic carboxylic acids is 1. The molecule has 86 valence electrons. The van der Waals surface area contributed by atoms with E-state index in [4.69, 9.17) is 5.11 Å². The van der Waals surface area contributed by atoms with Gasteiger partial charge in [-0.3, -0.25) is 4.79 Å². The third-order valence-corrected chi connectivity index (χ3v) is 3.19. The van der Waals surface area contributed by atoms with Crippen LogP contribution in [0.1, 0.15) is 18.9 Å². The first-order valence-corrected chi connectivity index (χ1v) is 5.29. The molecule has 2 heterocycles. The molecule has 1 atom stereocenters. The molecule has 1 unspecified atom stereocenters. The number of nitrogens with zero attached hydrogens (tertiary/aromatic N) is 3. The first-order valence-electron chi connectivity index (χ1n) is 5.29. The van der Waals surface area contributed by atoms with Crippen molar-refractivity contribution in [2.45, 2.75) is 20.3 Å². The van der Waals surface area contributed by atoms with Crippen LogP contribution in [0.25, 0.3) is 0 Å². The maximum absolute atomic E-state index is 11.1. The molecule has 1 aliphatic rings. The Morgan fingerprint density at radius 3 is 2.94 bits per heavy atom. The summed E-state index contributed by atoms with van der Waals surface area (Å²) in [4.78, 5) is 13.1. The highest BCUT2D eigenvalue weighted by Gasteiger charge is 2.41. The highest BCUT2D eigenvalue weighted by atomic mass is 16.4. The van der Waals surface area contributed by atoms with Gasteiger partial charge in [-0.15, -0.1) is 5.10 Å². The second kappa shape index (κ2) is 3.73. The molecule has 1 aromatic rings. The minimum Gasteiger partial charge on any atom is -0.481 e. The molecule has 1 aromatic heterocycles. The van der Waals surface area contributed by atoms with Gasteiger partial charge >= 0.3 is 5.97 Å². The molecule has 0 spiro atoms. The fraction of sp³-hybridized carbons (Fsp3) is 0.545. The van der Waals surface area contributed by atoms with Gasteiger partial charge in [0.2, 0.25) is 0 Å². The Labute approximate surface area is 94.1 Å². The normalized spacial score (nSPS) is 24.8. The van der Waals surface area contributed by atoms with Gasteiger partial charge in [-0.05, 0) is 31.9 Å². The van der Waals surface area contributed by atoms with Crippen molar-refractivity contribution in [1.29, 1.82) is 0 Å². The summed E-state index contributed by atoms with van der Waals surface area (Å²) in [5, 5.41) is 17.1. The number of carboxylic acids is 1. The van der Waals surface area contributed by atoms with Crippen molar-refractivity contribution in [3.63, 3.8) is 0 Å². The number of hydrogen-bond acceptors (Lipinski definition) is 4. The minimum atomic E-state index is -0.739. The Morgan fingerprint density at radius 2 is 2.38 bits per heavy atom. The zero-order valence-corrected chi connectivity index (χ0v) is 9.47. The molecule has 0 aliphatic carbocycles. The lowest BCUT2D eigenvalue weighted by molar-refractivity contribution is -0.146. The lowest BCUT2D eigenvalue weighted by Crippen LogP contribution is -2.32. The van der Waals surface area contributed by atoms with E-state index in [1.807, 2.05) is 17.9 Å². The fourth-order valence-electron chi connectivity index (χ4n) is 2.02. The Kier molecular flexibility index (Phi) is 2.53. The summed E-state index contributed by atoms with van der Waals surface area (Å²) < 4.78 is 0. The van der Waals surface area contributed by atoms with Gasteiger partial charge in [0, 0.05) is 13.1 Å². The molecule has 16 heavy (non-hydrogen) atoms. The van der Waals surface area contributed by atoms with E-state index in [1.54, 1.807) is 13.1 Å². The monoisotopic (exact) mass is 221 g/mol. The van der Waals surface area contributed by atoms with Crippen molar-refractivity contribution in [2.24, 2.45) is 5.41 Å². The summed E-state index contributed by atoms with van der Waals surface area (Å²) in [5.41, 5.74) is 0.369. The molecule has 0 radical (unpaired) electrons. The average Bonchev–Trinajstić information content (AvgIpc) is 2.63. The molecule has 1 N–H and O–H groups in total. The molecule has 5 nitrogen and oxygen atoms in total. The lowest BCUT2D eigenvalue weighted by atomic mass is 9.90. The quantitative estimate of drug-likeness (QED) is 0.809. The Bertz CT molecular complexity index is 421. The topological polar surface area (TPSA) is 66.3 Å². The van der Waals surface area contributed by atoms with Gasteiger partial charge < -0.3 is 10.0 Å². The molecule has 2 rings (SSSR count). The van der Waals surface area contributed by atoms with Gasteiger partial charge in [0.05, 0.1) is 11.6 Å². The van der Waals surface area contributed by atoms with Crippen LogP contribution in [0.3, 0.4) is 0 Å². The lowest BCUT2D eigenvalue weighted by Gasteiger charge is -2.21. The van der Waals surface area contributed by atoms with Crippen LogP contribution in [0.15, 0.2) is 12.3 Å². The Hall–Kier alpha value is -1.65. The fourth-order valence-corrected chi connectivity index (χ4v) is 2.02. The van der Waals surface area contributed by atoms with E-state index in [-0.39, 0.29) is 0 Å². The molecule has 5 heteroatoms. The van der Waals surface area contributed by atoms with E-state index < -0.39 is 11.4 Å². The van der Waals surface area contributed by atoms with Gasteiger partial charge in [-0.1, -0.05) is 0 Å². The van der Waals surface area contributed by atoms with Crippen LogP contribution in [0.4, 0.5) is 5.82 Å². The molecule has 0 saturated carbocycles. The number of rotatable bonds is 2. The number of aromatic nitrogens is 2. The van der Waals surface area contributed by atoms with Crippen LogP contribution in [0, 0.1) is 12.3 Å². The predicted octanol–water partition coefficient (Wildman–Crippen LogP) is 1.09. The van der Waals surface area contributed by atoms with Crippen molar-refractivity contribution in [3.8, 4) is 0 Å². The Balaban J connectivity index is 2.22. The average molecular weight is 221 g/mol. The number of anilines is 1. The third kappa shape index (κ3) is 1.73. The molecule has 0 amide bonds. The van der Waals surface area contributed by atoms with Crippen molar-refractivity contribution in [3.05, 3.63) is 17.8 Å². The SMILES string of the molecule is Cc1ccnnc1N1CCC(C)(C(=O)O)C1. The van der Waals surface area contributed by atoms with E-state index in [1.165, 1.54) is 0 Å². The smallest absolute Gasteiger partial charge is 0.311 e. The van der Waals surface area contributed by atoms with Gasteiger partial charge in [0.15, 0.2) is 5.82 Å². The zero-order valence-electron chi connectivity index (χ0n) is 9.47. The van der Waals surface area contributed by atoms with Crippen molar-refractivity contribution in [2.75, 3.05) is 18.0 Å². The summed E-state index contributed by atoms with van der Waals surface area (Å²) in [5.74, 6) is 0.0593. The van der Waals surface area contributed by atoms with Crippen LogP contribution in [0.5, 0.6) is 0 Å². The standard InChI is InChI=1S/C11H15N3O2/c1-8-3-5-12-13-9(8)14-6-4-11(2,7-14)10(15)16/h3,5H,4,6-7H2,1-2H3,(H,15,16). The van der Waals surface area contributed by atoms with E-state index in [2.05, 4.69) is 10.2 Å². The van der Waals surface area contributed by atoms with Crippen molar-refractivity contribution in [1.82, 2.24) is 10.2 Å². The largest absolute Gasteiger partial charge is 0.481 e. The number of hydrogen-bond donors (Lipinski definition) is 1. The summed E-state index contributed by atoms with van der Waals surface area (Å²) in [6.45, 7) is 4.96. The van der Waals surface area contributed by atoms with E-state index in [0.29, 0.717) is 13.0 Å². The van der Waals surface area contributed by atoms with Gasteiger partial charge in [-0.25, -0.2) is 0 Å². The highest BCUT2D eigenvalue weighted by molar-refractivity contribution is 5.76. The summed E-state index contributed by atoms with van der Waals surface area (Å²) in [6.07, 6.45) is 2.30. The van der Waals surface area contributed by atoms with Crippen LogP contribution >= 0.6 is 0 Å². The molecule has 0 bridgehead atoms. The summed E-state index contributed by atoms with van der Waals surface area (Å²) in [7, 11) is 0. The number of carboxylic acid groups (broad SMARTS) is 1. The second-order valence-electron chi connectivity index (χ2n) is 4.58. The van der Waals surface area contributed by atoms with Crippen LogP contribution < -0.4 is 4.90 Å². The molecule has 1 saturated heterocycles. The molecule has 1 fully saturated rings. The zero-order chi connectivity index (χ0) is 11.8. The molecule has 1 aliphatic heterocycles. The van der Waals surface area contributed by atoms with Crippen molar-refractivity contribution >= 4 is 11.8 Å². The van der Waals surface area contributed by atoms with Crippen LogP contribution in [-0.4, -0.2) is 34.4 Å². The van der Waals surface area contributed by atoms with E-state index >= 15 is 0 Å². The van der Waals surface area contributed by atoms with E-state index in [0.717, 1.165) is 17.9 Å². The molecule has 0 aromatic carbocycles. The van der Waals surface area contributed by atoms with Crippen molar-refractivity contribution < 1.29 is 9.90 Å². The first kappa shape index (κ1) is 10.9. The maximum Gasteiger partial charge on any atom is 0.311 e. The van der Waals surface area contributed by atoms with Gasteiger partial charge in [0.1, 0.15) is 0 Å². The maximum atomic E-state index is 11.1. The van der Waals surface area contributed by atoms with E-state index in [9.17, 15) is 4.79 Å². The van der Waals surface area contributed by atoms with Crippen LogP contribution in [0.2, 0.25) is 0 Å². The highest BCUT2D eigenvalue weighted by Crippen LogP contribution is 2.33. The third-order valence-electron chi connectivity index (χ3n) is 3.19. The number of aryl methyl sites for hydroxylation is 1.